The topological polar surface area (TPSA) is 149 Å². The number of ether oxygens (including phenoxy) is 2. The van der Waals surface area contributed by atoms with Gasteiger partial charge in [-0.3, -0.25) is 4.79 Å². The minimum Gasteiger partial charge on any atom is -0.394 e. The maximum absolute atomic E-state index is 13.2. The molecule has 95 heavy (non-hydrogen) atoms. The van der Waals surface area contributed by atoms with Gasteiger partial charge in [0.05, 0.1) is 25.4 Å². The SMILES string of the molecule is CC/C=C\C/C=C\C/C=C\C/C=C\C/C=C\C/C=C\C/C=C\CCCCCCCCCCCCCCCCCCCC(=O)NC(COC1OC(CO)C(O)C(O)C1O)C(O)/C=C/CC/C=C/CCCCCCCCCCCCCCCCCCCCCCCCCCCCC. The van der Waals surface area contributed by atoms with E-state index in [1.54, 1.807) is 6.08 Å². The van der Waals surface area contributed by atoms with Gasteiger partial charge in [0.25, 0.3) is 0 Å². The van der Waals surface area contributed by atoms with E-state index >= 15 is 0 Å². The van der Waals surface area contributed by atoms with Gasteiger partial charge in [0.15, 0.2) is 6.29 Å². The molecule has 9 heteroatoms. The van der Waals surface area contributed by atoms with Crippen LogP contribution in [-0.4, -0.2) is 87.5 Å². The van der Waals surface area contributed by atoms with Crippen molar-refractivity contribution in [1.82, 2.24) is 5.32 Å². The fraction of sp³-hybridized carbons (Fsp3) is 0.779. The van der Waals surface area contributed by atoms with Crippen molar-refractivity contribution in [3.63, 3.8) is 0 Å². The van der Waals surface area contributed by atoms with Crippen molar-refractivity contribution in [3.8, 4) is 0 Å². The molecule has 9 nitrogen and oxygen atoms in total. The fourth-order valence-electron chi connectivity index (χ4n) is 12.6. The summed E-state index contributed by atoms with van der Waals surface area (Å²) in [4.78, 5) is 13.2. The normalized spacial score (nSPS) is 18.1. The van der Waals surface area contributed by atoms with Gasteiger partial charge in [0, 0.05) is 6.42 Å². The second-order valence-electron chi connectivity index (χ2n) is 27.8. The molecule has 1 rings (SSSR count). The maximum atomic E-state index is 13.2. The highest BCUT2D eigenvalue weighted by Gasteiger charge is 2.44. The predicted octanol–water partition coefficient (Wildman–Crippen LogP) is 23.5. The Bertz CT molecular complexity index is 1880. The van der Waals surface area contributed by atoms with Crippen LogP contribution >= 0.6 is 0 Å². The van der Waals surface area contributed by atoms with E-state index < -0.39 is 49.5 Å². The highest BCUT2D eigenvalue weighted by molar-refractivity contribution is 5.76. The van der Waals surface area contributed by atoms with Crippen molar-refractivity contribution in [2.75, 3.05) is 13.2 Å². The van der Waals surface area contributed by atoms with E-state index in [0.29, 0.717) is 6.42 Å². The van der Waals surface area contributed by atoms with Crippen LogP contribution in [0.4, 0.5) is 0 Å². The van der Waals surface area contributed by atoms with Crippen LogP contribution in [0.3, 0.4) is 0 Å². The van der Waals surface area contributed by atoms with Crippen molar-refractivity contribution in [1.29, 1.82) is 0 Å². The Morgan fingerprint density at radius 1 is 0.368 bits per heavy atom. The molecule has 1 fully saturated rings. The number of aliphatic hydroxyl groups excluding tert-OH is 5. The van der Waals surface area contributed by atoms with Crippen LogP contribution in [0.15, 0.2) is 109 Å². The highest BCUT2D eigenvalue weighted by Crippen LogP contribution is 2.24. The smallest absolute Gasteiger partial charge is 0.220 e. The van der Waals surface area contributed by atoms with Crippen molar-refractivity contribution < 1.29 is 39.8 Å². The number of aliphatic hydroxyl groups is 5. The van der Waals surface area contributed by atoms with E-state index in [1.165, 1.54) is 270 Å². The molecular weight excluding hydrogens is 1170 g/mol. The predicted molar refractivity (Wildman–Crippen MR) is 410 cm³/mol. The summed E-state index contributed by atoms with van der Waals surface area (Å²) in [6.07, 6.45) is 102. The maximum Gasteiger partial charge on any atom is 0.220 e. The van der Waals surface area contributed by atoms with Gasteiger partial charge in [-0.15, -0.1) is 0 Å². The third-order valence-electron chi connectivity index (χ3n) is 18.8. The standard InChI is InChI=1S/C86H153NO8/c1-3-5-7-9-11-13-15-17-19-21-23-25-27-29-31-33-35-37-38-39-40-41-42-44-46-48-50-52-54-56-58-60-62-64-66-68-70-72-74-76-82(90)87-79(78-94-86-85(93)84(92)83(91)81(77-88)95-86)80(89)75-73-71-69-67-65-63-61-59-57-55-53-51-49-47-45-43-36-34-32-30-28-26-24-22-20-18-16-14-12-10-8-6-4-2/h5,7,11,13,17,19,23,25,29,31,35,37,39-40,65,67,73,75,79-81,83-86,88-89,91-93H,3-4,6,8-10,12,14-16,18,20-22,24,26-28,30,32-34,36,38,41-64,66,68-72,74,76-78H2,1-2H3,(H,87,90)/b7-5-,13-11-,19-17-,25-23-,31-29-,37-35-,40-39-,67-65+,75-73+. The molecule has 0 saturated carbocycles. The lowest BCUT2D eigenvalue weighted by Gasteiger charge is -2.40. The van der Waals surface area contributed by atoms with E-state index in [2.05, 4.69) is 116 Å². The summed E-state index contributed by atoms with van der Waals surface area (Å²) in [6, 6.07) is -0.829. The van der Waals surface area contributed by atoms with Gasteiger partial charge in [0.1, 0.15) is 24.4 Å². The van der Waals surface area contributed by atoms with Crippen molar-refractivity contribution in [2.24, 2.45) is 0 Å². The van der Waals surface area contributed by atoms with Crippen molar-refractivity contribution in [3.05, 3.63) is 109 Å². The number of unbranched alkanes of at least 4 members (excludes halogenated alkanes) is 45. The molecule has 0 radical (unpaired) electrons. The molecule has 1 heterocycles. The zero-order chi connectivity index (χ0) is 68.5. The van der Waals surface area contributed by atoms with Crippen LogP contribution in [0.25, 0.3) is 0 Å². The lowest BCUT2D eigenvalue weighted by Crippen LogP contribution is -2.60. The van der Waals surface area contributed by atoms with E-state index in [0.717, 1.165) is 83.5 Å². The van der Waals surface area contributed by atoms with Crippen LogP contribution in [0, 0.1) is 0 Å². The fourth-order valence-corrected chi connectivity index (χ4v) is 12.6. The molecule has 1 aliphatic rings. The number of carbonyl (C=O) groups is 1. The first-order chi connectivity index (χ1) is 46.8. The van der Waals surface area contributed by atoms with E-state index in [1.807, 2.05) is 6.08 Å². The number of amides is 1. The average Bonchev–Trinajstić information content (AvgIpc) is 0.836. The van der Waals surface area contributed by atoms with Crippen LogP contribution < -0.4 is 5.32 Å². The second kappa shape index (κ2) is 73.6. The lowest BCUT2D eigenvalue weighted by molar-refractivity contribution is -0.302. The van der Waals surface area contributed by atoms with Crippen molar-refractivity contribution in [2.45, 2.75) is 416 Å². The molecule has 7 unspecified atom stereocenters. The summed E-state index contributed by atoms with van der Waals surface area (Å²) in [5.74, 6) is -0.184. The Morgan fingerprint density at radius 2 is 0.663 bits per heavy atom. The molecule has 0 aromatic rings. The van der Waals surface area contributed by atoms with E-state index in [9.17, 15) is 30.3 Å². The summed E-state index contributed by atoms with van der Waals surface area (Å²) in [6.45, 7) is 3.69. The molecular formula is C86H153NO8. The highest BCUT2D eigenvalue weighted by atomic mass is 16.7. The molecule has 6 N–H and O–H groups in total. The molecule has 7 atom stereocenters. The first kappa shape index (κ1) is 89.9. The van der Waals surface area contributed by atoms with Gasteiger partial charge in [-0.2, -0.15) is 0 Å². The van der Waals surface area contributed by atoms with Crippen LogP contribution in [0.5, 0.6) is 0 Å². The number of rotatable bonds is 71. The molecule has 550 valence electrons. The first-order valence-electron chi connectivity index (χ1n) is 40.6. The summed E-state index contributed by atoms with van der Waals surface area (Å²) in [7, 11) is 0. The minimum absolute atomic E-state index is 0.184. The quantitative estimate of drug-likeness (QED) is 0.0261. The molecule has 0 aromatic carbocycles. The molecule has 0 bridgehead atoms. The molecule has 1 aliphatic heterocycles. The zero-order valence-electron chi connectivity index (χ0n) is 61.9. The zero-order valence-corrected chi connectivity index (χ0v) is 61.9. The third-order valence-corrected chi connectivity index (χ3v) is 18.8. The Balaban J connectivity index is 2.09. The molecule has 1 saturated heterocycles. The van der Waals surface area contributed by atoms with Gasteiger partial charge in [0.2, 0.25) is 5.91 Å². The Hall–Kier alpha value is -3.15. The van der Waals surface area contributed by atoms with Crippen LogP contribution in [0.1, 0.15) is 373 Å². The largest absolute Gasteiger partial charge is 0.394 e. The molecule has 0 spiro atoms. The molecule has 0 aliphatic carbocycles. The number of allylic oxidation sites excluding steroid dienone is 17. The monoisotopic (exact) mass is 1330 g/mol. The summed E-state index contributed by atoms with van der Waals surface area (Å²) < 4.78 is 11.3. The van der Waals surface area contributed by atoms with Gasteiger partial charge >= 0.3 is 0 Å². The second-order valence-corrected chi connectivity index (χ2v) is 27.8. The number of carbonyl (C=O) groups excluding carboxylic acids is 1. The van der Waals surface area contributed by atoms with Gasteiger partial charge < -0.3 is 40.3 Å². The average molecular weight is 1330 g/mol. The Labute approximate surface area is 586 Å². The minimum atomic E-state index is -1.58. The lowest BCUT2D eigenvalue weighted by atomic mass is 9.99. The Morgan fingerprint density at radius 3 is 1.01 bits per heavy atom. The van der Waals surface area contributed by atoms with Gasteiger partial charge in [-0.25, -0.2) is 0 Å². The third kappa shape index (κ3) is 61.7. The summed E-state index contributed by atoms with van der Waals surface area (Å²) in [5, 5.41) is 54.9. The van der Waals surface area contributed by atoms with Crippen LogP contribution in [0.2, 0.25) is 0 Å². The number of hydrogen-bond acceptors (Lipinski definition) is 8. The number of nitrogens with one attached hydrogen (secondary N) is 1. The van der Waals surface area contributed by atoms with Crippen molar-refractivity contribution >= 4 is 5.91 Å². The number of hydrogen-bond donors (Lipinski definition) is 6. The van der Waals surface area contributed by atoms with Gasteiger partial charge in [-0.1, -0.05) is 386 Å². The molecule has 1 amide bonds. The van der Waals surface area contributed by atoms with E-state index in [-0.39, 0.29) is 12.5 Å². The summed E-state index contributed by atoms with van der Waals surface area (Å²) >= 11 is 0. The molecule has 0 aromatic heterocycles. The van der Waals surface area contributed by atoms with Crippen LogP contribution in [-0.2, 0) is 14.3 Å². The van der Waals surface area contributed by atoms with Gasteiger partial charge in [-0.05, 0) is 89.9 Å². The van der Waals surface area contributed by atoms with E-state index in [4.69, 9.17) is 9.47 Å². The summed E-state index contributed by atoms with van der Waals surface area (Å²) in [5.41, 5.74) is 0. The first-order valence-corrected chi connectivity index (χ1v) is 40.6. The Kier molecular flexibility index (Phi) is 69.6.